The van der Waals surface area contributed by atoms with Crippen LogP contribution in [-0.4, -0.2) is 30.5 Å². The number of unbranched alkanes of at least 4 members (excludes halogenated alkanes) is 1. The maximum atomic E-state index is 13.2. The molecule has 0 radical (unpaired) electrons. The van der Waals surface area contributed by atoms with Gasteiger partial charge in [0.15, 0.2) is 0 Å². The van der Waals surface area contributed by atoms with Crippen molar-refractivity contribution in [3.8, 4) is 11.5 Å². The predicted molar refractivity (Wildman–Crippen MR) is 145 cm³/mol. The van der Waals surface area contributed by atoms with Crippen molar-refractivity contribution < 1.29 is 24.0 Å². The topological polar surface area (TPSA) is 120 Å². The molecule has 10 heteroatoms. The number of hydrogen-bond donors (Lipinski definition) is 2. The Morgan fingerprint density at radius 1 is 1.05 bits per heavy atom. The SMILES string of the molecule is CCCCOc1ccc(C(=O)NC(=Cc2ccc(Br)cc2)C(=O)Nc2ccc([N+](=O)[O-])cc2OC)cc1. The first kappa shape index (κ1) is 27.4. The number of nitrogens with one attached hydrogen (secondary N) is 2. The fourth-order valence-electron chi connectivity index (χ4n) is 3.20. The van der Waals surface area contributed by atoms with Crippen LogP contribution in [-0.2, 0) is 4.79 Å². The average Bonchev–Trinajstić information content (AvgIpc) is 2.90. The number of carbonyl (C=O) groups excluding carboxylic acids is 2. The number of anilines is 1. The lowest BCUT2D eigenvalue weighted by atomic mass is 10.1. The van der Waals surface area contributed by atoms with Gasteiger partial charge in [-0.1, -0.05) is 41.4 Å². The van der Waals surface area contributed by atoms with Crippen LogP contribution >= 0.6 is 15.9 Å². The van der Waals surface area contributed by atoms with E-state index in [0.717, 1.165) is 17.3 Å². The number of methoxy groups -OCH3 is 1. The highest BCUT2D eigenvalue weighted by molar-refractivity contribution is 9.10. The fourth-order valence-corrected chi connectivity index (χ4v) is 3.47. The Bertz CT molecular complexity index is 1290. The second-order valence-electron chi connectivity index (χ2n) is 7.89. The van der Waals surface area contributed by atoms with Gasteiger partial charge in [-0.2, -0.15) is 0 Å². The van der Waals surface area contributed by atoms with Gasteiger partial charge in [-0.05, 0) is 60.5 Å². The van der Waals surface area contributed by atoms with E-state index in [2.05, 4.69) is 33.5 Å². The summed E-state index contributed by atoms with van der Waals surface area (Å²) in [5.74, 6) is -0.369. The number of nitro benzene ring substituents is 1. The van der Waals surface area contributed by atoms with Crippen molar-refractivity contribution in [2.75, 3.05) is 19.0 Å². The zero-order valence-electron chi connectivity index (χ0n) is 20.3. The van der Waals surface area contributed by atoms with Crippen molar-refractivity contribution in [3.05, 3.63) is 98.1 Å². The van der Waals surface area contributed by atoms with Gasteiger partial charge in [-0.3, -0.25) is 19.7 Å². The monoisotopic (exact) mass is 567 g/mol. The maximum Gasteiger partial charge on any atom is 0.273 e. The number of nitro groups is 1. The third kappa shape index (κ3) is 7.91. The Morgan fingerprint density at radius 3 is 2.38 bits per heavy atom. The summed E-state index contributed by atoms with van der Waals surface area (Å²) in [4.78, 5) is 36.7. The molecule has 0 spiro atoms. The molecule has 0 saturated heterocycles. The van der Waals surface area contributed by atoms with Crippen LogP contribution in [0.4, 0.5) is 11.4 Å². The summed E-state index contributed by atoms with van der Waals surface area (Å²) in [5, 5.41) is 16.4. The molecule has 37 heavy (non-hydrogen) atoms. The van der Waals surface area contributed by atoms with E-state index in [1.54, 1.807) is 48.5 Å². The number of halogens is 1. The molecular formula is C27H26BrN3O6. The van der Waals surface area contributed by atoms with Crippen molar-refractivity contribution in [2.24, 2.45) is 0 Å². The Kier molecular flexibility index (Phi) is 9.79. The second kappa shape index (κ2) is 13.2. The second-order valence-corrected chi connectivity index (χ2v) is 8.80. The Labute approximate surface area is 222 Å². The summed E-state index contributed by atoms with van der Waals surface area (Å²) in [7, 11) is 1.34. The summed E-state index contributed by atoms with van der Waals surface area (Å²) >= 11 is 3.37. The molecule has 2 amide bonds. The lowest BCUT2D eigenvalue weighted by molar-refractivity contribution is -0.384. The van der Waals surface area contributed by atoms with Crippen LogP contribution in [0, 0.1) is 10.1 Å². The van der Waals surface area contributed by atoms with E-state index < -0.39 is 16.7 Å². The standard InChI is InChI=1S/C27H26BrN3O6/c1-3-4-15-37-22-12-7-19(8-13-22)26(32)30-24(16-18-5-9-20(28)10-6-18)27(33)29-23-14-11-21(31(34)35)17-25(23)36-2/h5-14,16-17H,3-4,15H2,1-2H3,(H,29,33)(H,30,32). The molecule has 3 aromatic carbocycles. The zero-order chi connectivity index (χ0) is 26.8. The van der Waals surface area contributed by atoms with Gasteiger partial charge < -0.3 is 20.1 Å². The first-order chi connectivity index (χ1) is 17.8. The van der Waals surface area contributed by atoms with E-state index in [0.29, 0.717) is 23.5 Å². The van der Waals surface area contributed by atoms with Crippen LogP contribution in [0.5, 0.6) is 11.5 Å². The molecular weight excluding hydrogens is 542 g/mol. The molecule has 0 heterocycles. The highest BCUT2D eigenvalue weighted by Crippen LogP contribution is 2.29. The minimum absolute atomic E-state index is 0.0315. The highest BCUT2D eigenvalue weighted by atomic mass is 79.9. The molecule has 0 fully saturated rings. The molecule has 3 aromatic rings. The lowest BCUT2D eigenvalue weighted by Crippen LogP contribution is -2.30. The van der Waals surface area contributed by atoms with Crippen LogP contribution in [0.15, 0.2) is 76.9 Å². The Hall–Kier alpha value is -4.18. The normalized spacial score (nSPS) is 10.9. The van der Waals surface area contributed by atoms with E-state index in [4.69, 9.17) is 9.47 Å². The molecule has 0 aliphatic heterocycles. The molecule has 0 bridgehead atoms. The van der Waals surface area contributed by atoms with Gasteiger partial charge in [-0.15, -0.1) is 0 Å². The van der Waals surface area contributed by atoms with Gasteiger partial charge in [0.2, 0.25) is 0 Å². The quantitative estimate of drug-likeness (QED) is 0.128. The summed E-state index contributed by atoms with van der Waals surface area (Å²) in [6.45, 7) is 2.67. The Morgan fingerprint density at radius 2 is 1.76 bits per heavy atom. The average molecular weight is 568 g/mol. The maximum absolute atomic E-state index is 13.2. The van der Waals surface area contributed by atoms with Crippen molar-refractivity contribution in [1.82, 2.24) is 5.32 Å². The number of rotatable bonds is 11. The summed E-state index contributed by atoms with van der Waals surface area (Å²) in [6.07, 6.45) is 3.47. The largest absolute Gasteiger partial charge is 0.494 e. The number of non-ortho nitro benzene ring substituents is 1. The molecule has 0 aliphatic rings. The Balaban J connectivity index is 1.84. The number of nitrogens with zero attached hydrogens (tertiary/aromatic N) is 1. The van der Waals surface area contributed by atoms with Gasteiger partial charge in [0.25, 0.3) is 17.5 Å². The minimum Gasteiger partial charge on any atom is -0.494 e. The first-order valence-corrected chi connectivity index (χ1v) is 12.2. The predicted octanol–water partition coefficient (Wildman–Crippen LogP) is 5.95. The van der Waals surface area contributed by atoms with Crippen LogP contribution in [0.25, 0.3) is 6.08 Å². The van der Waals surface area contributed by atoms with Crippen LogP contribution < -0.4 is 20.1 Å². The molecule has 192 valence electrons. The van der Waals surface area contributed by atoms with Gasteiger partial charge in [0.05, 0.1) is 30.4 Å². The van der Waals surface area contributed by atoms with E-state index >= 15 is 0 Å². The molecule has 3 rings (SSSR count). The van der Waals surface area contributed by atoms with E-state index in [9.17, 15) is 19.7 Å². The van der Waals surface area contributed by atoms with Crippen molar-refractivity contribution in [1.29, 1.82) is 0 Å². The highest BCUT2D eigenvalue weighted by Gasteiger charge is 2.18. The number of benzene rings is 3. The van der Waals surface area contributed by atoms with Crippen molar-refractivity contribution >= 4 is 45.2 Å². The van der Waals surface area contributed by atoms with Gasteiger partial charge in [-0.25, -0.2) is 0 Å². The van der Waals surface area contributed by atoms with Crippen LogP contribution in [0.3, 0.4) is 0 Å². The molecule has 0 saturated carbocycles. The van der Waals surface area contributed by atoms with E-state index in [1.165, 1.54) is 31.4 Å². The molecule has 0 atom stereocenters. The number of amides is 2. The lowest BCUT2D eigenvalue weighted by Gasteiger charge is -2.14. The van der Waals surface area contributed by atoms with Gasteiger partial charge in [0.1, 0.15) is 17.2 Å². The minimum atomic E-state index is -0.636. The third-order valence-electron chi connectivity index (χ3n) is 5.20. The smallest absolute Gasteiger partial charge is 0.273 e. The number of hydrogen-bond acceptors (Lipinski definition) is 6. The molecule has 9 nitrogen and oxygen atoms in total. The summed E-state index contributed by atoms with van der Waals surface area (Å²) in [5.41, 5.74) is 1.00. The van der Waals surface area contributed by atoms with Crippen molar-refractivity contribution in [3.63, 3.8) is 0 Å². The molecule has 2 N–H and O–H groups in total. The summed E-state index contributed by atoms with van der Waals surface area (Å²) < 4.78 is 11.7. The van der Waals surface area contributed by atoms with E-state index in [-0.39, 0.29) is 22.8 Å². The zero-order valence-corrected chi connectivity index (χ0v) is 21.9. The number of ether oxygens (including phenoxy) is 2. The van der Waals surface area contributed by atoms with Crippen LogP contribution in [0.2, 0.25) is 0 Å². The van der Waals surface area contributed by atoms with Crippen molar-refractivity contribution in [2.45, 2.75) is 19.8 Å². The summed E-state index contributed by atoms with van der Waals surface area (Å²) in [6, 6.07) is 17.6. The third-order valence-corrected chi connectivity index (χ3v) is 5.73. The van der Waals surface area contributed by atoms with Gasteiger partial charge >= 0.3 is 0 Å². The molecule has 0 unspecified atom stereocenters. The van der Waals surface area contributed by atoms with Gasteiger partial charge in [0, 0.05) is 16.1 Å². The molecule has 0 aromatic heterocycles. The fraction of sp³-hybridized carbons (Fsp3) is 0.185. The number of carbonyl (C=O) groups is 2. The van der Waals surface area contributed by atoms with Crippen LogP contribution in [0.1, 0.15) is 35.7 Å². The van der Waals surface area contributed by atoms with E-state index in [1.807, 2.05) is 0 Å². The first-order valence-electron chi connectivity index (χ1n) is 11.5. The molecule has 0 aliphatic carbocycles.